The maximum atomic E-state index is 10.5. The van der Waals surface area contributed by atoms with Gasteiger partial charge in [0.2, 0.25) is 5.91 Å². The van der Waals surface area contributed by atoms with Crippen molar-refractivity contribution >= 4 is 27.7 Å². The van der Waals surface area contributed by atoms with Crippen LogP contribution in [-0.2, 0) is 4.79 Å². The highest BCUT2D eigenvalue weighted by atomic mass is 79.9. The van der Waals surface area contributed by atoms with Gasteiger partial charge in [-0.15, -0.1) is 0 Å². The van der Waals surface area contributed by atoms with E-state index in [9.17, 15) is 4.79 Å². The van der Waals surface area contributed by atoms with Gasteiger partial charge in [-0.25, -0.2) is 4.98 Å². The number of carbonyl (C=O) groups is 1. The lowest BCUT2D eigenvalue weighted by Crippen LogP contribution is -2.11. The molecule has 3 N–H and O–H groups in total. The number of nitrogens with two attached hydrogens (primary N) is 1. The minimum atomic E-state index is -0.238. The number of anilines is 1. The number of rotatable bonds is 6. The molecule has 1 rings (SSSR count). The first-order chi connectivity index (χ1) is 7.59. The van der Waals surface area contributed by atoms with Crippen LogP contribution in [0, 0.1) is 6.92 Å². The third-order valence-corrected chi connectivity index (χ3v) is 3.02. The van der Waals surface area contributed by atoms with Crippen LogP contribution in [-0.4, -0.2) is 17.4 Å². The van der Waals surface area contributed by atoms with E-state index >= 15 is 0 Å². The van der Waals surface area contributed by atoms with Gasteiger partial charge in [0.25, 0.3) is 0 Å². The van der Waals surface area contributed by atoms with Crippen molar-refractivity contribution in [2.45, 2.75) is 26.2 Å². The number of hydrogen-bond acceptors (Lipinski definition) is 3. The second-order valence-electron chi connectivity index (χ2n) is 3.61. The van der Waals surface area contributed by atoms with Crippen LogP contribution in [0.25, 0.3) is 0 Å². The minimum absolute atomic E-state index is 0.238. The van der Waals surface area contributed by atoms with Crippen molar-refractivity contribution in [1.82, 2.24) is 4.98 Å². The summed E-state index contributed by atoms with van der Waals surface area (Å²) in [6.45, 7) is 2.75. The summed E-state index contributed by atoms with van der Waals surface area (Å²) in [6.07, 6.45) is 2.19. The second-order valence-corrected chi connectivity index (χ2v) is 4.47. The Morgan fingerprint density at radius 2 is 2.25 bits per heavy atom. The molecule has 0 aromatic carbocycles. The van der Waals surface area contributed by atoms with Gasteiger partial charge in [0, 0.05) is 17.4 Å². The van der Waals surface area contributed by atoms with E-state index in [0.717, 1.165) is 35.4 Å². The van der Waals surface area contributed by atoms with Crippen LogP contribution in [0.1, 0.15) is 25.0 Å². The Bertz CT molecular complexity index is 368. The number of pyridine rings is 1. The van der Waals surface area contributed by atoms with Crippen molar-refractivity contribution in [2.75, 3.05) is 11.9 Å². The molecule has 0 saturated carbocycles. The van der Waals surface area contributed by atoms with E-state index < -0.39 is 0 Å². The Kier molecular flexibility index (Phi) is 5.25. The van der Waals surface area contributed by atoms with Gasteiger partial charge >= 0.3 is 0 Å². The molecule has 0 aliphatic rings. The third kappa shape index (κ3) is 4.61. The van der Waals surface area contributed by atoms with Crippen molar-refractivity contribution < 1.29 is 4.79 Å². The zero-order valence-corrected chi connectivity index (χ0v) is 10.9. The lowest BCUT2D eigenvalue weighted by molar-refractivity contribution is -0.118. The average molecular weight is 286 g/mol. The molecule has 0 spiro atoms. The number of carbonyl (C=O) groups excluding carboxylic acids is 1. The lowest BCUT2D eigenvalue weighted by Gasteiger charge is -2.06. The largest absolute Gasteiger partial charge is 0.370 e. The van der Waals surface area contributed by atoms with E-state index in [1.165, 1.54) is 0 Å². The summed E-state index contributed by atoms with van der Waals surface area (Å²) in [5.74, 6) is 0.623. The van der Waals surface area contributed by atoms with Gasteiger partial charge < -0.3 is 11.1 Å². The SMILES string of the molecule is Cc1nc(NCCCCC(N)=O)ccc1Br. The third-order valence-electron chi connectivity index (χ3n) is 2.18. The van der Waals surface area contributed by atoms with Crippen molar-refractivity contribution in [3.8, 4) is 0 Å². The first-order valence-corrected chi connectivity index (χ1v) is 6.04. The zero-order valence-electron chi connectivity index (χ0n) is 9.29. The molecule has 1 amide bonds. The number of aryl methyl sites for hydroxylation is 1. The van der Waals surface area contributed by atoms with E-state index in [0.29, 0.717) is 6.42 Å². The van der Waals surface area contributed by atoms with Crippen LogP contribution in [0.4, 0.5) is 5.82 Å². The maximum Gasteiger partial charge on any atom is 0.217 e. The Morgan fingerprint density at radius 1 is 1.50 bits per heavy atom. The van der Waals surface area contributed by atoms with Gasteiger partial charge in [0.1, 0.15) is 5.82 Å². The van der Waals surface area contributed by atoms with Crippen LogP contribution in [0.2, 0.25) is 0 Å². The van der Waals surface area contributed by atoms with Gasteiger partial charge in [-0.2, -0.15) is 0 Å². The fraction of sp³-hybridized carbons (Fsp3) is 0.455. The summed E-state index contributed by atoms with van der Waals surface area (Å²) in [5.41, 5.74) is 6.01. The number of hydrogen-bond donors (Lipinski definition) is 2. The first kappa shape index (κ1) is 13.0. The number of amides is 1. The van der Waals surface area contributed by atoms with Crippen LogP contribution < -0.4 is 11.1 Å². The highest BCUT2D eigenvalue weighted by molar-refractivity contribution is 9.10. The molecule has 1 heterocycles. The molecule has 16 heavy (non-hydrogen) atoms. The number of aromatic nitrogens is 1. The quantitative estimate of drug-likeness (QED) is 0.788. The Hall–Kier alpha value is -1.10. The van der Waals surface area contributed by atoms with E-state index in [1.807, 2.05) is 19.1 Å². The molecular weight excluding hydrogens is 270 g/mol. The molecule has 4 nitrogen and oxygen atoms in total. The summed E-state index contributed by atoms with van der Waals surface area (Å²) in [4.78, 5) is 14.9. The molecule has 0 saturated heterocycles. The molecule has 0 radical (unpaired) electrons. The molecule has 0 aliphatic carbocycles. The Morgan fingerprint density at radius 3 is 2.88 bits per heavy atom. The molecular formula is C11H16BrN3O. The van der Waals surface area contributed by atoms with Crippen LogP contribution in [0.15, 0.2) is 16.6 Å². The molecule has 0 aliphatic heterocycles. The fourth-order valence-electron chi connectivity index (χ4n) is 1.28. The smallest absolute Gasteiger partial charge is 0.217 e. The van der Waals surface area contributed by atoms with E-state index in [4.69, 9.17) is 5.73 Å². The predicted molar refractivity (Wildman–Crippen MR) is 68.2 cm³/mol. The molecule has 0 fully saturated rings. The van der Waals surface area contributed by atoms with Gasteiger partial charge in [0.15, 0.2) is 0 Å². The predicted octanol–water partition coefficient (Wildman–Crippen LogP) is 2.22. The molecule has 0 bridgehead atoms. The summed E-state index contributed by atoms with van der Waals surface area (Å²) in [7, 11) is 0. The minimum Gasteiger partial charge on any atom is -0.370 e. The fourth-order valence-corrected chi connectivity index (χ4v) is 1.50. The number of nitrogens with one attached hydrogen (secondary N) is 1. The summed E-state index contributed by atoms with van der Waals surface area (Å²) < 4.78 is 1.01. The molecule has 0 unspecified atom stereocenters. The Labute approximate surface area is 104 Å². The maximum absolute atomic E-state index is 10.5. The van der Waals surface area contributed by atoms with Gasteiger partial charge in [-0.3, -0.25) is 4.79 Å². The average Bonchev–Trinajstić information content (AvgIpc) is 2.22. The molecule has 0 atom stereocenters. The first-order valence-electron chi connectivity index (χ1n) is 5.25. The second kappa shape index (κ2) is 6.48. The normalized spacial score (nSPS) is 10.1. The van der Waals surface area contributed by atoms with Crippen molar-refractivity contribution in [2.24, 2.45) is 5.73 Å². The van der Waals surface area contributed by atoms with E-state index in [1.54, 1.807) is 0 Å². The van der Waals surface area contributed by atoms with Crippen molar-refractivity contribution in [3.63, 3.8) is 0 Å². The molecule has 88 valence electrons. The van der Waals surface area contributed by atoms with E-state index in [2.05, 4.69) is 26.2 Å². The van der Waals surface area contributed by atoms with Gasteiger partial charge in [-0.1, -0.05) is 0 Å². The highest BCUT2D eigenvalue weighted by Gasteiger charge is 1.98. The molecule has 1 aromatic heterocycles. The van der Waals surface area contributed by atoms with Crippen LogP contribution in [0.3, 0.4) is 0 Å². The summed E-state index contributed by atoms with van der Waals surface area (Å²) >= 11 is 3.40. The van der Waals surface area contributed by atoms with Crippen LogP contribution >= 0.6 is 15.9 Å². The van der Waals surface area contributed by atoms with Gasteiger partial charge in [0.05, 0.1) is 5.69 Å². The molecule has 1 aromatic rings. The summed E-state index contributed by atoms with van der Waals surface area (Å²) in [6, 6.07) is 3.89. The van der Waals surface area contributed by atoms with Crippen LogP contribution in [0.5, 0.6) is 0 Å². The van der Waals surface area contributed by atoms with E-state index in [-0.39, 0.29) is 5.91 Å². The van der Waals surface area contributed by atoms with Crippen molar-refractivity contribution in [1.29, 1.82) is 0 Å². The Balaban J connectivity index is 2.27. The zero-order chi connectivity index (χ0) is 12.0. The monoisotopic (exact) mass is 285 g/mol. The summed E-state index contributed by atoms with van der Waals surface area (Å²) in [5, 5.41) is 3.20. The number of halogens is 1. The number of primary amides is 1. The lowest BCUT2D eigenvalue weighted by atomic mass is 10.2. The standard InChI is InChI=1S/C11H16BrN3O/c1-8-9(12)5-6-11(15-8)14-7-3-2-4-10(13)16/h5-6H,2-4,7H2,1H3,(H2,13,16)(H,14,15). The highest BCUT2D eigenvalue weighted by Crippen LogP contribution is 2.16. The van der Waals surface area contributed by atoms with Gasteiger partial charge in [-0.05, 0) is 47.8 Å². The molecule has 5 heteroatoms. The van der Waals surface area contributed by atoms with Crippen molar-refractivity contribution in [3.05, 3.63) is 22.3 Å². The number of unbranched alkanes of at least 4 members (excludes halogenated alkanes) is 1. The number of nitrogens with zero attached hydrogens (tertiary/aromatic N) is 1. The topological polar surface area (TPSA) is 68.0 Å².